The van der Waals surface area contributed by atoms with Gasteiger partial charge in [0.2, 0.25) is 5.91 Å². The maximum atomic E-state index is 12.3. The Morgan fingerprint density at radius 2 is 2.05 bits per heavy atom. The molecule has 0 atom stereocenters. The number of amides is 1. The zero-order valence-corrected chi connectivity index (χ0v) is 12.9. The number of fused-ring (bicyclic) bond motifs is 1. The minimum atomic E-state index is -0.0590. The molecule has 2 heterocycles. The van der Waals surface area contributed by atoms with Crippen LogP contribution in [-0.2, 0) is 18.3 Å². The smallest absolute Gasteiger partial charge is 0.228 e. The summed E-state index contributed by atoms with van der Waals surface area (Å²) >= 11 is 0. The summed E-state index contributed by atoms with van der Waals surface area (Å²) < 4.78 is 1.80. The molecule has 0 spiro atoms. The third-order valence-corrected chi connectivity index (χ3v) is 3.87. The number of nitrogens with zero attached hydrogens (tertiary/aromatic N) is 3. The summed E-state index contributed by atoms with van der Waals surface area (Å²) in [5.74, 6) is -0.0590. The van der Waals surface area contributed by atoms with Gasteiger partial charge in [0, 0.05) is 23.7 Å². The number of pyridine rings is 1. The summed E-state index contributed by atoms with van der Waals surface area (Å²) in [5.41, 5.74) is 4.52. The fourth-order valence-electron chi connectivity index (χ4n) is 2.58. The predicted molar refractivity (Wildman–Crippen MR) is 86.8 cm³/mol. The number of benzene rings is 1. The fraction of sp³-hybridized carbons (Fsp3) is 0.235. The lowest BCUT2D eigenvalue weighted by Crippen LogP contribution is -2.15. The van der Waals surface area contributed by atoms with Gasteiger partial charge in [-0.2, -0.15) is 5.10 Å². The van der Waals surface area contributed by atoms with Gasteiger partial charge in [-0.25, -0.2) is 0 Å². The van der Waals surface area contributed by atoms with Gasteiger partial charge in [0.05, 0.1) is 29.5 Å². The second-order valence-corrected chi connectivity index (χ2v) is 5.41. The van der Waals surface area contributed by atoms with Gasteiger partial charge in [-0.15, -0.1) is 0 Å². The highest BCUT2D eigenvalue weighted by molar-refractivity contribution is 5.94. The number of aryl methyl sites for hydroxylation is 2. The molecular formula is C17H18N4O. The monoisotopic (exact) mass is 294 g/mol. The number of carbonyl (C=O) groups excluding carboxylic acids is 1. The highest BCUT2D eigenvalue weighted by atomic mass is 16.1. The molecule has 22 heavy (non-hydrogen) atoms. The molecule has 0 unspecified atom stereocenters. The Bertz CT molecular complexity index is 851. The van der Waals surface area contributed by atoms with Crippen LogP contribution in [0.25, 0.3) is 10.9 Å². The zero-order valence-electron chi connectivity index (χ0n) is 12.9. The largest absolute Gasteiger partial charge is 0.324 e. The molecule has 5 heteroatoms. The van der Waals surface area contributed by atoms with Gasteiger partial charge in [-0.3, -0.25) is 14.5 Å². The number of aromatic nitrogens is 3. The first-order valence-corrected chi connectivity index (χ1v) is 7.18. The van der Waals surface area contributed by atoms with Crippen LogP contribution in [0.2, 0.25) is 0 Å². The quantitative estimate of drug-likeness (QED) is 0.808. The number of hydrogen-bond donors (Lipinski definition) is 1. The lowest BCUT2D eigenvalue weighted by Gasteiger charge is -2.06. The normalized spacial score (nSPS) is 10.9. The minimum Gasteiger partial charge on any atom is -0.324 e. The van der Waals surface area contributed by atoms with Gasteiger partial charge in [-0.1, -0.05) is 18.2 Å². The lowest BCUT2D eigenvalue weighted by atomic mass is 10.1. The van der Waals surface area contributed by atoms with Crippen molar-refractivity contribution in [2.24, 2.45) is 7.05 Å². The van der Waals surface area contributed by atoms with Crippen LogP contribution in [0.5, 0.6) is 0 Å². The molecule has 1 amide bonds. The predicted octanol–water partition coefficient (Wildman–Crippen LogP) is 2.77. The number of rotatable bonds is 3. The Balaban J connectivity index is 1.78. The highest BCUT2D eigenvalue weighted by Crippen LogP contribution is 2.17. The van der Waals surface area contributed by atoms with Crippen molar-refractivity contribution in [3.05, 3.63) is 53.5 Å². The van der Waals surface area contributed by atoms with Crippen LogP contribution < -0.4 is 5.32 Å². The summed E-state index contributed by atoms with van der Waals surface area (Å²) in [5, 5.41) is 8.25. The van der Waals surface area contributed by atoms with E-state index in [0.717, 1.165) is 27.9 Å². The Kier molecular flexibility index (Phi) is 3.63. The van der Waals surface area contributed by atoms with Crippen LogP contribution in [-0.4, -0.2) is 20.7 Å². The molecule has 0 radical (unpaired) electrons. The van der Waals surface area contributed by atoms with Crippen LogP contribution >= 0.6 is 0 Å². The van der Waals surface area contributed by atoms with Crippen LogP contribution in [0.4, 0.5) is 5.69 Å². The van der Waals surface area contributed by atoms with E-state index in [0.29, 0.717) is 12.1 Å². The molecule has 0 aliphatic rings. The van der Waals surface area contributed by atoms with Gasteiger partial charge < -0.3 is 5.32 Å². The van der Waals surface area contributed by atoms with Gasteiger partial charge >= 0.3 is 0 Å². The molecule has 5 nitrogen and oxygen atoms in total. The molecule has 0 saturated carbocycles. The first-order valence-electron chi connectivity index (χ1n) is 7.18. The van der Waals surface area contributed by atoms with E-state index < -0.39 is 0 Å². The average Bonchev–Trinajstić information content (AvgIpc) is 2.73. The maximum absolute atomic E-state index is 12.3. The van der Waals surface area contributed by atoms with Gasteiger partial charge in [0.25, 0.3) is 0 Å². The van der Waals surface area contributed by atoms with Gasteiger partial charge in [-0.05, 0) is 26.0 Å². The number of nitrogens with one attached hydrogen (secondary N) is 1. The molecule has 0 saturated heterocycles. The van der Waals surface area contributed by atoms with E-state index in [1.54, 1.807) is 10.9 Å². The Morgan fingerprint density at radius 3 is 2.77 bits per heavy atom. The number of anilines is 1. The second-order valence-electron chi connectivity index (χ2n) is 5.41. The van der Waals surface area contributed by atoms with Crippen molar-refractivity contribution in [1.82, 2.24) is 14.8 Å². The topological polar surface area (TPSA) is 59.8 Å². The zero-order chi connectivity index (χ0) is 15.7. The third-order valence-electron chi connectivity index (χ3n) is 3.87. The molecule has 2 aromatic heterocycles. The van der Waals surface area contributed by atoms with Crippen molar-refractivity contribution >= 4 is 22.5 Å². The molecule has 3 rings (SSSR count). The average molecular weight is 294 g/mol. The van der Waals surface area contributed by atoms with Crippen LogP contribution in [0.15, 0.2) is 36.5 Å². The second kappa shape index (κ2) is 5.60. The molecule has 0 fully saturated rings. The van der Waals surface area contributed by atoms with E-state index in [1.807, 2.05) is 51.2 Å². The van der Waals surface area contributed by atoms with Crippen LogP contribution in [0, 0.1) is 13.8 Å². The Labute approximate surface area is 129 Å². The van der Waals surface area contributed by atoms with Crippen molar-refractivity contribution in [2.45, 2.75) is 20.3 Å². The first kappa shape index (κ1) is 14.3. The first-order chi connectivity index (χ1) is 10.5. The molecule has 0 bridgehead atoms. The van der Waals surface area contributed by atoms with E-state index >= 15 is 0 Å². The highest BCUT2D eigenvalue weighted by Gasteiger charge is 2.13. The molecule has 112 valence electrons. The van der Waals surface area contributed by atoms with Crippen molar-refractivity contribution in [3.8, 4) is 0 Å². The van der Waals surface area contributed by atoms with Crippen molar-refractivity contribution in [3.63, 3.8) is 0 Å². The van der Waals surface area contributed by atoms with E-state index in [1.165, 1.54) is 0 Å². The summed E-state index contributed by atoms with van der Waals surface area (Å²) in [6, 6.07) is 9.76. The molecule has 0 aliphatic heterocycles. The van der Waals surface area contributed by atoms with Crippen molar-refractivity contribution in [1.29, 1.82) is 0 Å². The molecular weight excluding hydrogens is 276 g/mol. The SMILES string of the molecule is Cc1nn(C)c(C)c1CC(=O)Nc1cnc2ccccc2c1. The summed E-state index contributed by atoms with van der Waals surface area (Å²) in [7, 11) is 1.89. The van der Waals surface area contributed by atoms with Crippen LogP contribution in [0.3, 0.4) is 0 Å². The van der Waals surface area contributed by atoms with Crippen molar-refractivity contribution < 1.29 is 4.79 Å². The van der Waals surface area contributed by atoms with Gasteiger partial charge in [0.1, 0.15) is 0 Å². The Hall–Kier alpha value is -2.69. The van der Waals surface area contributed by atoms with E-state index in [2.05, 4.69) is 15.4 Å². The van der Waals surface area contributed by atoms with E-state index in [-0.39, 0.29) is 5.91 Å². The minimum absolute atomic E-state index is 0.0590. The lowest BCUT2D eigenvalue weighted by molar-refractivity contribution is -0.115. The molecule has 1 N–H and O–H groups in total. The van der Waals surface area contributed by atoms with Crippen molar-refractivity contribution in [2.75, 3.05) is 5.32 Å². The fourth-order valence-corrected chi connectivity index (χ4v) is 2.58. The summed E-state index contributed by atoms with van der Waals surface area (Å²) in [4.78, 5) is 16.6. The summed E-state index contributed by atoms with van der Waals surface area (Å²) in [6.45, 7) is 3.90. The molecule has 1 aromatic carbocycles. The standard InChI is InChI=1S/C17H18N4O/c1-11-15(12(2)21(3)20-11)9-17(22)19-14-8-13-6-4-5-7-16(13)18-10-14/h4-8,10H,9H2,1-3H3,(H,19,22). The maximum Gasteiger partial charge on any atom is 0.228 e. The molecule has 0 aliphatic carbocycles. The van der Waals surface area contributed by atoms with E-state index in [9.17, 15) is 4.79 Å². The Morgan fingerprint density at radius 1 is 1.27 bits per heavy atom. The number of para-hydroxylation sites is 1. The third kappa shape index (κ3) is 2.70. The number of hydrogen-bond acceptors (Lipinski definition) is 3. The molecule has 3 aromatic rings. The number of carbonyl (C=O) groups is 1. The van der Waals surface area contributed by atoms with Crippen LogP contribution in [0.1, 0.15) is 17.0 Å². The summed E-state index contributed by atoms with van der Waals surface area (Å²) in [6.07, 6.45) is 2.00. The van der Waals surface area contributed by atoms with E-state index in [4.69, 9.17) is 0 Å². The van der Waals surface area contributed by atoms with Gasteiger partial charge in [0.15, 0.2) is 0 Å².